The zero-order valence-electron chi connectivity index (χ0n) is 24.3. The first-order valence-corrected chi connectivity index (χ1v) is 14.1. The SMILES string of the molecule is CC(C)OC(=O)C[C@@H]1CN(Cc2ccc(-c3ccc(C(C)(C(F)(F)F)C(F)(F)F)cc3)cc2)CCN1Cc1ccncc1. The number of aromatic nitrogens is 1. The summed E-state index contributed by atoms with van der Waals surface area (Å²) in [4.78, 5) is 21.2. The number of hydrogen-bond donors (Lipinski definition) is 0. The lowest BCUT2D eigenvalue weighted by Crippen LogP contribution is -2.53. The van der Waals surface area contributed by atoms with Crippen molar-refractivity contribution in [3.05, 3.63) is 89.7 Å². The van der Waals surface area contributed by atoms with Crippen LogP contribution in [-0.4, -0.2) is 64.9 Å². The zero-order chi connectivity index (χ0) is 31.4. The summed E-state index contributed by atoms with van der Waals surface area (Å²) in [5.41, 5.74) is -1.54. The molecule has 3 aromatic rings. The molecule has 0 bridgehead atoms. The van der Waals surface area contributed by atoms with Crippen molar-refractivity contribution in [2.24, 2.45) is 0 Å². The highest BCUT2D eigenvalue weighted by Gasteiger charge is 2.68. The van der Waals surface area contributed by atoms with Crippen LogP contribution in [0.4, 0.5) is 26.3 Å². The third-order valence-corrected chi connectivity index (χ3v) is 7.88. The fourth-order valence-corrected chi connectivity index (χ4v) is 5.27. The second-order valence-electron chi connectivity index (χ2n) is 11.4. The Kier molecular flexibility index (Phi) is 9.86. The number of ether oxygens (including phenoxy) is 1. The summed E-state index contributed by atoms with van der Waals surface area (Å²) >= 11 is 0. The van der Waals surface area contributed by atoms with E-state index < -0.39 is 23.3 Å². The van der Waals surface area contributed by atoms with Gasteiger partial charge in [0.2, 0.25) is 0 Å². The number of rotatable bonds is 9. The van der Waals surface area contributed by atoms with Gasteiger partial charge >= 0.3 is 18.3 Å². The monoisotopic (exact) mass is 607 g/mol. The van der Waals surface area contributed by atoms with Crippen LogP contribution < -0.4 is 0 Å². The summed E-state index contributed by atoms with van der Waals surface area (Å²) in [5, 5.41) is 0. The average Bonchev–Trinajstić information content (AvgIpc) is 2.93. The van der Waals surface area contributed by atoms with Crippen LogP contribution in [0.2, 0.25) is 0 Å². The van der Waals surface area contributed by atoms with Gasteiger partial charge in [-0.15, -0.1) is 0 Å². The molecule has 2 heterocycles. The Hall–Kier alpha value is -3.44. The Morgan fingerprint density at radius 1 is 0.837 bits per heavy atom. The number of alkyl halides is 6. The summed E-state index contributed by atoms with van der Waals surface area (Å²) in [6.07, 6.45) is -7.44. The number of halogens is 6. The fraction of sp³-hybridized carbons (Fsp3) is 0.438. The minimum absolute atomic E-state index is 0.0509. The third-order valence-electron chi connectivity index (χ3n) is 7.88. The first-order valence-electron chi connectivity index (χ1n) is 14.1. The van der Waals surface area contributed by atoms with Gasteiger partial charge in [-0.1, -0.05) is 48.5 Å². The van der Waals surface area contributed by atoms with Crippen molar-refractivity contribution in [1.82, 2.24) is 14.8 Å². The lowest BCUT2D eigenvalue weighted by molar-refractivity contribution is -0.297. The van der Waals surface area contributed by atoms with E-state index in [0.717, 1.165) is 36.3 Å². The second-order valence-corrected chi connectivity index (χ2v) is 11.4. The molecule has 43 heavy (non-hydrogen) atoms. The third kappa shape index (κ3) is 7.75. The highest BCUT2D eigenvalue weighted by Crippen LogP contribution is 2.51. The maximum atomic E-state index is 13.5. The molecule has 0 N–H and O–H groups in total. The lowest BCUT2D eigenvalue weighted by atomic mass is 9.80. The molecule has 0 saturated carbocycles. The normalized spacial score (nSPS) is 17.3. The van der Waals surface area contributed by atoms with Gasteiger partial charge in [0, 0.05) is 51.2 Å². The molecule has 4 rings (SSSR count). The molecular formula is C32H35F6N3O2. The molecule has 1 aliphatic heterocycles. The van der Waals surface area contributed by atoms with Crippen molar-refractivity contribution in [2.75, 3.05) is 19.6 Å². The van der Waals surface area contributed by atoms with Gasteiger partial charge in [-0.2, -0.15) is 26.3 Å². The number of nitrogens with zero attached hydrogens (tertiary/aromatic N) is 3. The molecule has 0 aliphatic carbocycles. The number of pyridine rings is 1. The van der Waals surface area contributed by atoms with E-state index in [4.69, 9.17) is 4.74 Å². The van der Waals surface area contributed by atoms with Crippen molar-refractivity contribution in [2.45, 2.75) is 70.2 Å². The summed E-state index contributed by atoms with van der Waals surface area (Å²) in [6, 6.07) is 15.6. The Labute approximate surface area is 247 Å². The van der Waals surface area contributed by atoms with Gasteiger partial charge in [0.25, 0.3) is 0 Å². The summed E-state index contributed by atoms with van der Waals surface area (Å²) in [7, 11) is 0. The number of carbonyl (C=O) groups excluding carboxylic acids is 1. The predicted octanol–water partition coefficient (Wildman–Crippen LogP) is 7.16. The van der Waals surface area contributed by atoms with Crippen LogP contribution in [-0.2, 0) is 28.0 Å². The van der Waals surface area contributed by atoms with Gasteiger partial charge in [-0.05, 0) is 60.7 Å². The molecule has 1 aromatic heterocycles. The van der Waals surface area contributed by atoms with Crippen LogP contribution in [0.15, 0.2) is 73.1 Å². The van der Waals surface area contributed by atoms with E-state index >= 15 is 0 Å². The van der Waals surface area contributed by atoms with Gasteiger partial charge in [0.05, 0.1) is 12.5 Å². The molecule has 1 saturated heterocycles. The number of hydrogen-bond acceptors (Lipinski definition) is 5. The Bertz CT molecular complexity index is 1330. The van der Waals surface area contributed by atoms with Crippen molar-refractivity contribution in [3.63, 3.8) is 0 Å². The second kappa shape index (κ2) is 13.1. The highest BCUT2D eigenvalue weighted by molar-refractivity contribution is 5.70. The van der Waals surface area contributed by atoms with Crippen molar-refractivity contribution in [1.29, 1.82) is 0 Å². The van der Waals surface area contributed by atoms with Crippen LogP contribution in [0, 0.1) is 0 Å². The maximum Gasteiger partial charge on any atom is 0.406 e. The molecule has 232 valence electrons. The Morgan fingerprint density at radius 3 is 1.91 bits per heavy atom. The summed E-state index contributed by atoms with van der Waals surface area (Å²) in [6.45, 7) is 7.29. The van der Waals surface area contributed by atoms with Gasteiger partial charge in [0.1, 0.15) is 0 Å². The standard InChI is InChI=1S/C32H35F6N3O2/c1-22(2)43-29(42)18-28-21-40(16-17-41(28)20-24-12-14-39-15-13-24)19-23-4-6-25(7-5-23)26-8-10-27(11-9-26)30(3,31(33,34)35)32(36,37)38/h4-15,22,28H,16-21H2,1-3H3/t28-/m1/s1. The van der Waals surface area contributed by atoms with E-state index in [1.54, 1.807) is 24.5 Å². The topological polar surface area (TPSA) is 45.7 Å². The molecule has 1 atom stereocenters. The molecule has 11 heteroatoms. The number of piperazine rings is 1. The molecular weight excluding hydrogens is 572 g/mol. The van der Waals surface area contributed by atoms with E-state index in [1.807, 2.05) is 38.1 Å². The van der Waals surface area contributed by atoms with Gasteiger partial charge in [-0.3, -0.25) is 19.6 Å². The fourth-order valence-electron chi connectivity index (χ4n) is 5.27. The van der Waals surface area contributed by atoms with E-state index in [-0.39, 0.29) is 31.5 Å². The maximum absolute atomic E-state index is 13.5. The first-order chi connectivity index (χ1) is 20.2. The van der Waals surface area contributed by atoms with Crippen LogP contribution in [0.1, 0.15) is 43.9 Å². The Balaban J connectivity index is 1.44. The minimum atomic E-state index is -5.49. The summed E-state index contributed by atoms with van der Waals surface area (Å²) in [5.74, 6) is -0.247. The van der Waals surface area contributed by atoms with E-state index in [1.165, 1.54) is 12.1 Å². The number of benzene rings is 2. The van der Waals surface area contributed by atoms with E-state index in [9.17, 15) is 31.1 Å². The molecule has 1 fully saturated rings. The summed E-state index contributed by atoms with van der Waals surface area (Å²) < 4.78 is 86.1. The van der Waals surface area contributed by atoms with Crippen molar-refractivity contribution < 1.29 is 35.9 Å². The molecule has 0 spiro atoms. The Morgan fingerprint density at radius 2 is 1.37 bits per heavy atom. The van der Waals surface area contributed by atoms with Gasteiger partial charge in [-0.25, -0.2) is 0 Å². The zero-order valence-corrected chi connectivity index (χ0v) is 24.3. The first kappa shape index (κ1) is 32.5. The molecule has 2 aromatic carbocycles. The number of esters is 1. The molecule has 0 radical (unpaired) electrons. The molecule has 0 amide bonds. The van der Waals surface area contributed by atoms with Gasteiger partial charge < -0.3 is 4.74 Å². The van der Waals surface area contributed by atoms with Crippen LogP contribution in [0.3, 0.4) is 0 Å². The number of carbonyl (C=O) groups is 1. The molecule has 0 unspecified atom stereocenters. The van der Waals surface area contributed by atoms with E-state index in [0.29, 0.717) is 30.8 Å². The van der Waals surface area contributed by atoms with Crippen LogP contribution >= 0.6 is 0 Å². The largest absolute Gasteiger partial charge is 0.463 e. The smallest absolute Gasteiger partial charge is 0.406 e. The molecule has 1 aliphatic rings. The van der Waals surface area contributed by atoms with Crippen molar-refractivity contribution in [3.8, 4) is 11.1 Å². The average molecular weight is 608 g/mol. The van der Waals surface area contributed by atoms with Gasteiger partial charge in [0.15, 0.2) is 5.41 Å². The van der Waals surface area contributed by atoms with Crippen LogP contribution in [0.5, 0.6) is 0 Å². The van der Waals surface area contributed by atoms with E-state index in [2.05, 4.69) is 14.8 Å². The van der Waals surface area contributed by atoms with Crippen LogP contribution in [0.25, 0.3) is 11.1 Å². The predicted molar refractivity (Wildman–Crippen MR) is 151 cm³/mol. The van der Waals surface area contributed by atoms with Crippen molar-refractivity contribution >= 4 is 5.97 Å². The highest BCUT2D eigenvalue weighted by atomic mass is 19.4. The lowest BCUT2D eigenvalue weighted by Gasteiger charge is -2.41. The quantitative estimate of drug-likeness (QED) is 0.191. The molecule has 5 nitrogen and oxygen atoms in total. The minimum Gasteiger partial charge on any atom is -0.463 e.